The minimum absolute atomic E-state index is 0.0567. The maximum atomic E-state index is 11.9. The lowest BCUT2D eigenvalue weighted by Crippen LogP contribution is -2.25. The van der Waals surface area contributed by atoms with E-state index in [1.165, 1.54) is 0 Å². The van der Waals surface area contributed by atoms with Crippen molar-refractivity contribution in [3.8, 4) is 0 Å². The first-order valence-corrected chi connectivity index (χ1v) is 6.76. The van der Waals surface area contributed by atoms with Gasteiger partial charge in [0.05, 0.1) is 4.90 Å². The molecule has 15 heavy (non-hydrogen) atoms. The number of hydrogen-bond donors (Lipinski definition) is 1. The van der Waals surface area contributed by atoms with Crippen LogP contribution in [0.1, 0.15) is 18.4 Å². The van der Waals surface area contributed by atoms with Crippen LogP contribution in [-0.4, -0.2) is 20.3 Å². The number of sulfone groups is 1. The quantitative estimate of drug-likeness (QED) is 0.844. The maximum Gasteiger partial charge on any atom is 0.191 e. The Hall–Kier alpha value is -0.870. The second-order valence-corrected chi connectivity index (χ2v) is 6.04. The Morgan fingerprint density at radius 2 is 2.13 bits per heavy atom. The van der Waals surface area contributed by atoms with E-state index < -0.39 is 9.84 Å². The van der Waals surface area contributed by atoms with Crippen LogP contribution in [0.3, 0.4) is 0 Å². The molecule has 0 radical (unpaired) electrons. The van der Waals surface area contributed by atoms with Crippen LogP contribution in [0.15, 0.2) is 29.2 Å². The highest BCUT2D eigenvalue weighted by Gasteiger charge is 2.23. The van der Waals surface area contributed by atoms with Gasteiger partial charge in [0, 0.05) is 6.04 Å². The van der Waals surface area contributed by atoms with E-state index in [9.17, 15) is 8.42 Å². The van der Waals surface area contributed by atoms with Crippen LogP contribution in [0.2, 0.25) is 0 Å². The molecule has 0 atom stereocenters. The molecule has 0 unspecified atom stereocenters. The van der Waals surface area contributed by atoms with Crippen molar-refractivity contribution >= 4 is 9.84 Å². The normalized spacial score (nSPS) is 16.6. The Labute approximate surface area is 90.4 Å². The summed E-state index contributed by atoms with van der Waals surface area (Å²) in [7, 11) is -3.15. The molecule has 0 saturated heterocycles. The number of rotatable bonds is 4. The zero-order valence-corrected chi connectivity index (χ0v) is 9.55. The molecular weight excluding hydrogens is 210 g/mol. The van der Waals surface area contributed by atoms with Gasteiger partial charge in [-0.1, -0.05) is 12.1 Å². The smallest absolute Gasteiger partial charge is 0.191 e. The largest absolute Gasteiger partial charge is 0.301 e. The lowest BCUT2D eigenvalue weighted by Gasteiger charge is -2.05. The Bertz CT molecular complexity index is 449. The molecule has 0 aliphatic heterocycles. The van der Waals surface area contributed by atoms with E-state index in [0.717, 1.165) is 18.4 Å². The highest BCUT2D eigenvalue weighted by Crippen LogP contribution is 2.20. The van der Waals surface area contributed by atoms with Crippen LogP contribution < -0.4 is 5.32 Å². The van der Waals surface area contributed by atoms with Gasteiger partial charge in [-0.15, -0.1) is 0 Å². The van der Waals surface area contributed by atoms with E-state index >= 15 is 0 Å². The summed E-state index contributed by atoms with van der Waals surface area (Å²) in [5.74, 6) is 0.0567. The van der Waals surface area contributed by atoms with Gasteiger partial charge in [-0.05, 0) is 37.5 Å². The third-order valence-corrected chi connectivity index (χ3v) is 4.01. The standard InChI is InChI=1S/C11H15NO2S/c1-9-3-2-4-11(7-9)15(13,14)8-12-10-5-6-10/h2-4,7,10,12H,5-6,8H2,1H3. The first-order valence-electron chi connectivity index (χ1n) is 5.11. The average Bonchev–Trinajstić information content (AvgIpc) is 2.98. The predicted octanol–water partition coefficient (Wildman–Crippen LogP) is 1.48. The molecule has 3 nitrogen and oxygen atoms in total. The van der Waals surface area contributed by atoms with Crippen molar-refractivity contribution in [3.05, 3.63) is 29.8 Å². The molecule has 2 rings (SSSR count). The Balaban J connectivity index is 2.12. The van der Waals surface area contributed by atoms with Gasteiger partial charge < -0.3 is 5.32 Å². The minimum atomic E-state index is -3.15. The Kier molecular flexibility index (Phi) is 2.80. The predicted molar refractivity (Wildman–Crippen MR) is 59.4 cm³/mol. The second kappa shape index (κ2) is 3.94. The molecule has 1 fully saturated rings. The molecule has 4 heteroatoms. The van der Waals surface area contributed by atoms with Gasteiger partial charge in [-0.25, -0.2) is 8.42 Å². The number of nitrogens with one attached hydrogen (secondary N) is 1. The summed E-state index contributed by atoms with van der Waals surface area (Å²) in [5.41, 5.74) is 0.975. The van der Waals surface area contributed by atoms with E-state index in [1.807, 2.05) is 13.0 Å². The van der Waals surface area contributed by atoms with Gasteiger partial charge in [0.15, 0.2) is 9.84 Å². The molecule has 82 valence electrons. The van der Waals surface area contributed by atoms with E-state index in [4.69, 9.17) is 0 Å². The topological polar surface area (TPSA) is 46.2 Å². The number of hydrogen-bond acceptors (Lipinski definition) is 3. The molecule has 1 aromatic carbocycles. The van der Waals surface area contributed by atoms with Crippen LogP contribution >= 0.6 is 0 Å². The lowest BCUT2D eigenvalue weighted by atomic mass is 10.2. The first kappa shape index (κ1) is 10.6. The first-order chi connectivity index (χ1) is 7.08. The van der Waals surface area contributed by atoms with E-state index in [0.29, 0.717) is 10.9 Å². The second-order valence-electron chi connectivity index (χ2n) is 4.05. The van der Waals surface area contributed by atoms with E-state index in [2.05, 4.69) is 5.32 Å². The van der Waals surface area contributed by atoms with Crippen molar-refractivity contribution in [2.45, 2.75) is 30.7 Å². The zero-order chi connectivity index (χ0) is 10.9. The van der Waals surface area contributed by atoms with Crippen molar-refractivity contribution in [1.82, 2.24) is 5.32 Å². The molecule has 0 amide bonds. The van der Waals surface area contributed by atoms with Crippen molar-refractivity contribution in [2.75, 3.05) is 5.88 Å². The maximum absolute atomic E-state index is 11.9. The van der Waals surface area contributed by atoms with Gasteiger partial charge in [-0.3, -0.25) is 0 Å². The summed E-state index contributed by atoms with van der Waals surface area (Å²) in [5, 5.41) is 3.03. The van der Waals surface area contributed by atoms with Crippen molar-refractivity contribution in [1.29, 1.82) is 0 Å². The molecule has 1 aliphatic rings. The molecule has 0 aromatic heterocycles. The lowest BCUT2D eigenvalue weighted by molar-refractivity contribution is 0.586. The van der Waals surface area contributed by atoms with Crippen molar-refractivity contribution in [3.63, 3.8) is 0 Å². The summed E-state index contributed by atoms with van der Waals surface area (Å²) in [6.07, 6.45) is 2.20. The Morgan fingerprint density at radius 3 is 2.73 bits per heavy atom. The van der Waals surface area contributed by atoms with Crippen LogP contribution in [0.5, 0.6) is 0 Å². The third kappa shape index (κ3) is 2.79. The molecule has 1 aromatic rings. The summed E-state index contributed by atoms with van der Waals surface area (Å²) in [6, 6.07) is 7.46. The van der Waals surface area contributed by atoms with Crippen LogP contribution in [-0.2, 0) is 9.84 Å². The molecule has 1 saturated carbocycles. The van der Waals surface area contributed by atoms with Crippen LogP contribution in [0.4, 0.5) is 0 Å². The monoisotopic (exact) mass is 225 g/mol. The molecule has 0 spiro atoms. The highest BCUT2D eigenvalue weighted by atomic mass is 32.2. The molecule has 0 heterocycles. The van der Waals surface area contributed by atoms with Crippen LogP contribution in [0.25, 0.3) is 0 Å². The fourth-order valence-electron chi connectivity index (χ4n) is 1.41. The van der Waals surface area contributed by atoms with Gasteiger partial charge >= 0.3 is 0 Å². The average molecular weight is 225 g/mol. The summed E-state index contributed by atoms with van der Waals surface area (Å²) in [6.45, 7) is 1.90. The SMILES string of the molecule is Cc1cccc(S(=O)(=O)CNC2CC2)c1. The highest BCUT2D eigenvalue weighted by molar-refractivity contribution is 7.91. The van der Waals surface area contributed by atoms with Crippen molar-refractivity contribution in [2.24, 2.45) is 0 Å². The van der Waals surface area contributed by atoms with Gasteiger partial charge in [0.2, 0.25) is 0 Å². The molecule has 1 N–H and O–H groups in total. The molecule has 0 bridgehead atoms. The summed E-state index contributed by atoms with van der Waals surface area (Å²) in [4.78, 5) is 0.413. The van der Waals surface area contributed by atoms with Crippen molar-refractivity contribution < 1.29 is 8.42 Å². The minimum Gasteiger partial charge on any atom is -0.301 e. The molecule has 1 aliphatic carbocycles. The Morgan fingerprint density at radius 1 is 1.40 bits per heavy atom. The van der Waals surface area contributed by atoms with Crippen LogP contribution in [0, 0.1) is 6.92 Å². The zero-order valence-electron chi connectivity index (χ0n) is 8.73. The summed E-state index contributed by atoms with van der Waals surface area (Å²) < 4.78 is 23.7. The van der Waals surface area contributed by atoms with E-state index in [-0.39, 0.29) is 5.88 Å². The van der Waals surface area contributed by atoms with Gasteiger partial charge in [0.1, 0.15) is 5.88 Å². The number of aryl methyl sites for hydroxylation is 1. The molecular formula is C11H15NO2S. The summed E-state index contributed by atoms with van der Waals surface area (Å²) >= 11 is 0. The third-order valence-electron chi connectivity index (χ3n) is 2.49. The number of benzene rings is 1. The van der Waals surface area contributed by atoms with E-state index in [1.54, 1.807) is 18.2 Å². The fraction of sp³-hybridized carbons (Fsp3) is 0.455. The fourth-order valence-corrected chi connectivity index (χ4v) is 2.68. The van der Waals surface area contributed by atoms with Gasteiger partial charge in [-0.2, -0.15) is 0 Å². The van der Waals surface area contributed by atoms with Gasteiger partial charge in [0.25, 0.3) is 0 Å².